The molecule has 1 spiro atoms. The highest BCUT2D eigenvalue weighted by molar-refractivity contribution is 5.26. The largest absolute Gasteiger partial charge is 0.375 e. The molecule has 0 radical (unpaired) electrons. The summed E-state index contributed by atoms with van der Waals surface area (Å²) in [5.41, 5.74) is 8.07. The van der Waals surface area contributed by atoms with Crippen molar-refractivity contribution in [3.05, 3.63) is 35.1 Å². The van der Waals surface area contributed by atoms with E-state index in [-0.39, 0.29) is 17.5 Å². The summed E-state index contributed by atoms with van der Waals surface area (Å²) in [7, 11) is 0. The molecule has 0 amide bonds. The highest BCUT2D eigenvalue weighted by Gasteiger charge is 2.43. The van der Waals surface area contributed by atoms with Crippen LogP contribution >= 0.6 is 0 Å². The standard InChI is InChI=1S/C16H22FNO/c1-11-3-4-12(9-14(11)17)15(18)13-5-8-19-16(10-13)6-2-7-16/h3-4,9,13,15H,2,5-8,10,18H2,1H3. The molecule has 1 aliphatic heterocycles. The van der Waals surface area contributed by atoms with Gasteiger partial charge in [0, 0.05) is 12.6 Å². The average molecular weight is 263 g/mol. The van der Waals surface area contributed by atoms with E-state index in [0.717, 1.165) is 25.0 Å². The minimum Gasteiger partial charge on any atom is -0.375 e. The van der Waals surface area contributed by atoms with E-state index >= 15 is 0 Å². The van der Waals surface area contributed by atoms with Crippen LogP contribution < -0.4 is 5.73 Å². The zero-order valence-corrected chi connectivity index (χ0v) is 11.5. The Morgan fingerprint density at radius 2 is 2.21 bits per heavy atom. The van der Waals surface area contributed by atoms with Crippen LogP contribution in [0.4, 0.5) is 4.39 Å². The van der Waals surface area contributed by atoms with Gasteiger partial charge >= 0.3 is 0 Å². The molecule has 3 heteroatoms. The molecular formula is C16H22FNO. The van der Waals surface area contributed by atoms with E-state index in [0.29, 0.717) is 11.5 Å². The summed E-state index contributed by atoms with van der Waals surface area (Å²) >= 11 is 0. The third kappa shape index (κ3) is 2.41. The third-order valence-electron chi connectivity index (χ3n) is 4.88. The molecule has 0 bridgehead atoms. The predicted molar refractivity (Wildman–Crippen MR) is 73.3 cm³/mol. The minimum absolute atomic E-state index is 0.0727. The highest BCUT2D eigenvalue weighted by atomic mass is 19.1. The Balaban J connectivity index is 1.75. The second kappa shape index (κ2) is 4.88. The van der Waals surface area contributed by atoms with Crippen LogP contribution in [0.1, 0.15) is 49.3 Å². The zero-order chi connectivity index (χ0) is 13.5. The SMILES string of the molecule is Cc1ccc(C(N)C2CCOC3(CCC3)C2)cc1F. The van der Waals surface area contributed by atoms with Gasteiger partial charge in [0.15, 0.2) is 0 Å². The van der Waals surface area contributed by atoms with Crippen LogP contribution in [-0.4, -0.2) is 12.2 Å². The normalized spacial score (nSPS) is 27.0. The first-order valence-electron chi connectivity index (χ1n) is 7.25. The number of hydrogen-bond donors (Lipinski definition) is 1. The maximum atomic E-state index is 13.7. The van der Waals surface area contributed by atoms with Gasteiger partial charge in [-0.15, -0.1) is 0 Å². The van der Waals surface area contributed by atoms with Crippen molar-refractivity contribution >= 4 is 0 Å². The lowest BCUT2D eigenvalue weighted by Crippen LogP contribution is -2.47. The van der Waals surface area contributed by atoms with Crippen LogP contribution in [0.3, 0.4) is 0 Å². The van der Waals surface area contributed by atoms with Crippen molar-refractivity contribution in [2.24, 2.45) is 11.7 Å². The summed E-state index contributed by atoms with van der Waals surface area (Å²) in [6.45, 7) is 2.58. The van der Waals surface area contributed by atoms with Crippen molar-refractivity contribution in [1.29, 1.82) is 0 Å². The molecule has 3 rings (SSSR count). The molecule has 1 saturated heterocycles. The van der Waals surface area contributed by atoms with E-state index in [1.54, 1.807) is 13.0 Å². The molecule has 1 saturated carbocycles. The van der Waals surface area contributed by atoms with Crippen LogP contribution in [-0.2, 0) is 4.74 Å². The summed E-state index contributed by atoms with van der Waals surface area (Å²) < 4.78 is 19.6. The van der Waals surface area contributed by atoms with Crippen LogP contribution in [0.25, 0.3) is 0 Å². The van der Waals surface area contributed by atoms with Gasteiger partial charge in [0.1, 0.15) is 5.82 Å². The lowest BCUT2D eigenvalue weighted by molar-refractivity contribution is -0.146. The molecule has 1 aliphatic carbocycles. The van der Waals surface area contributed by atoms with Gasteiger partial charge in [-0.25, -0.2) is 4.39 Å². The topological polar surface area (TPSA) is 35.2 Å². The molecule has 1 heterocycles. The number of ether oxygens (including phenoxy) is 1. The number of rotatable bonds is 2. The van der Waals surface area contributed by atoms with Gasteiger partial charge in [-0.3, -0.25) is 0 Å². The molecule has 0 aromatic heterocycles. The van der Waals surface area contributed by atoms with Crippen LogP contribution in [0.15, 0.2) is 18.2 Å². The van der Waals surface area contributed by atoms with Crippen LogP contribution in [0, 0.1) is 18.7 Å². The number of benzene rings is 1. The van der Waals surface area contributed by atoms with E-state index in [1.807, 2.05) is 12.1 Å². The fraction of sp³-hybridized carbons (Fsp3) is 0.625. The molecule has 2 atom stereocenters. The van der Waals surface area contributed by atoms with Gasteiger partial charge in [0.2, 0.25) is 0 Å². The lowest BCUT2D eigenvalue weighted by Gasteiger charge is -2.48. The van der Waals surface area contributed by atoms with E-state index in [9.17, 15) is 4.39 Å². The molecule has 2 unspecified atom stereocenters. The smallest absolute Gasteiger partial charge is 0.126 e. The Kier molecular flexibility index (Phi) is 3.35. The molecule has 2 aliphatic rings. The molecule has 1 aromatic carbocycles. The maximum absolute atomic E-state index is 13.7. The Morgan fingerprint density at radius 1 is 1.42 bits per heavy atom. The molecule has 2 fully saturated rings. The number of aryl methyl sites for hydroxylation is 1. The molecule has 2 nitrogen and oxygen atoms in total. The van der Waals surface area contributed by atoms with Crippen molar-refractivity contribution in [3.8, 4) is 0 Å². The van der Waals surface area contributed by atoms with Crippen molar-refractivity contribution in [3.63, 3.8) is 0 Å². The van der Waals surface area contributed by atoms with Crippen molar-refractivity contribution in [2.45, 2.75) is 50.7 Å². The molecular weight excluding hydrogens is 241 g/mol. The zero-order valence-electron chi connectivity index (χ0n) is 11.5. The highest BCUT2D eigenvalue weighted by Crippen LogP contribution is 2.46. The average Bonchev–Trinajstić information content (AvgIpc) is 2.39. The summed E-state index contributed by atoms with van der Waals surface area (Å²) in [5.74, 6) is 0.259. The summed E-state index contributed by atoms with van der Waals surface area (Å²) in [6.07, 6.45) is 5.61. The Hall–Kier alpha value is -0.930. The minimum atomic E-state index is -0.154. The monoisotopic (exact) mass is 263 g/mol. The molecule has 2 N–H and O–H groups in total. The van der Waals surface area contributed by atoms with Crippen molar-refractivity contribution in [1.82, 2.24) is 0 Å². The molecule has 104 valence electrons. The molecule has 19 heavy (non-hydrogen) atoms. The van der Waals surface area contributed by atoms with Gasteiger partial charge in [0.25, 0.3) is 0 Å². The lowest BCUT2D eigenvalue weighted by atomic mass is 9.70. The van der Waals surface area contributed by atoms with E-state index < -0.39 is 0 Å². The van der Waals surface area contributed by atoms with Gasteiger partial charge in [0.05, 0.1) is 5.60 Å². The fourth-order valence-electron chi connectivity index (χ4n) is 3.38. The number of nitrogens with two attached hydrogens (primary N) is 1. The Morgan fingerprint density at radius 3 is 2.84 bits per heavy atom. The quantitative estimate of drug-likeness (QED) is 0.886. The van der Waals surface area contributed by atoms with E-state index in [1.165, 1.54) is 19.3 Å². The third-order valence-corrected chi connectivity index (χ3v) is 4.88. The Labute approximate surface area is 114 Å². The van der Waals surface area contributed by atoms with Gasteiger partial charge < -0.3 is 10.5 Å². The number of halogens is 1. The summed E-state index contributed by atoms with van der Waals surface area (Å²) in [5, 5.41) is 0. The van der Waals surface area contributed by atoms with Crippen LogP contribution in [0.5, 0.6) is 0 Å². The molecule has 1 aromatic rings. The van der Waals surface area contributed by atoms with E-state index in [4.69, 9.17) is 10.5 Å². The van der Waals surface area contributed by atoms with Crippen LogP contribution in [0.2, 0.25) is 0 Å². The van der Waals surface area contributed by atoms with Gasteiger partial charge in [-0.05, 0) is 62.1 Å². The first-order chi connectivity index (χ1) is 9.10. The summed E-state index contributed by atoms with van der Waals surface area (Å²) in [6, 6.07) is 5.31. The van der Waals surface area contributed by atoms with Gasteiger partial charge in [-0.2, -0.15) is 0 Å². The van der Waals surface area contributed by atoms with Gasteiger partial charge in [-0.1, -0.05) is 12.1 Å². The maximum Gasteiger partial charge on any atom is 0.126 e. The van der Waals surface area contributed by atoms with E-state index in [2.05, 4.69) is 0 Å². The second-order valence-electron chi connectivity index (χ2n) is 6.17. The second-order valence-corrected chi connectivity index (χ2v) is 6.17. The van der Waals surface area contributed by atoms with Crippen molar-refractivity contribution < 1.29 is 9.13 Å². The Bertz CT molecular complexity index is 470. The fourth-order valence-corrected chi connectivity index (χ4v) is 3.38. The first kappa shape index (κ1) is 13.1. The number of hydrogen-bond acceptors (Lipinski definition) is 2. The summed E-state index contributed by atoms with van der Waals surface area (Å²) in [4.78, 5) is 0. The van der Waals surface area contributed by atoms with Crippen molar-refractivity contribution in [2.75, 3.05) is 6.61 Å². The predicted octanol–water partition coefficient (Wildman–Crippen LogP) is 3.48. The first-order valence-corrected chi connectivity index (χ1v) is 7.25.